The molecule has 3 heterocycles. The molecule has 132 valence electrons. The SMILES string of the molecule is Cc1c(C(=O)OCC(=O)N2CCC(C)CC2)cnn1-c1ccccn1. The zero-order chi connectivity index (χ0) is 17.8. The Morgan fingerprint density at radius 3 is 2.72 bits per heavy atom. The second-order valence-corrected chi connectivity index (χ2v) is 6.38. The Labute approximate surface area is 146 Å². The fourth-order valence-corrected chi connectivity index (χ4v) is 2.87. The number of ether oxygens (including phenoxy) is 1. The van der Waals surface area contributed by atoms with Crippen molar-refractivity contribution in [1.29, 1.82) is 0 Å². The van der Waals surface area contributed by atoms with Gasteiger partial charge < -0.3 is 9.64 Å². The van der Waals surface area contributed by atoms with Crippen LogP contribution in [0.15, 0.2) is 30.6 Å². The van der Waals surface area contributed by atoms with Crippen LogP contribution < -0.4 is 0 Å². The first kappa shape index (κ1) is 17.1. The number of likely N-dealkylation sites (tertiary alicyclic amines) is 1. The number of carbonyl (C=O) groups excluding carboxylic acids is 2. The maximum absolute atomic E-state index is 12.3. The van der Waals surface area contributed by atoms with Gasteiger partial charge in [0.25, 0.3) is 5.91 Å². The average molecular weight is 342 g/mol. The van der Waals surface area contributed by atoms with E-state index in [1.165, 1.54) is 6.20 Å². The Bertz CT molecular complexity index is 749. The van der Waals surface area contributed by atoms with E-state index in [0.29, 0.717) is 23.0 Å². The predicted octanol–water partition coefficient (Wildman–Crippen LogP) is 1.99. The second-order valence-electron chi connectivity index (χ2n) is 6.38. The minimum atomic E-state index is -0.543. The highest BCUT2D eigenvalue weighted by atomic mass is 16.5. The summed E-state index contributed by atoms with van der Waals surface area (Å²) in [7, 11) is 0. The van der Waals surface area contributed by atoms with E-state index in [-0.39, 0.29) is 12.5 Å². The first-order chi connectivity index (χ1) is 12.1. The summed E-state index contributed by atoms with van der Waals surface area (Å²) in [6, 6.07) is 5.46. The van der Waals surface area contributed by atoms with E-state index >= 15 is 0 Å². The first-order valence-corrected chi connectivity index (χ1v) is 8.47. The van der Waals surface area contributed by atoms with Crippen LogP contribution in [0.4, 0.5) is 0 Å². The smallest absolute Gasteiger partial charge is 0.342 e. The summed E-state index contributed by atoms with van der Waals surface area (Å²) in [4.78, 5) is 30.4. The quantitative estimate of drug-likeness (QED) is 0.794. The van der Waals surface area contributed by atoms with Crippen LogP contribution in [0.2, 0.25) is 0 Å². The monoisotopic (exact) mass is 342 g/mol. The molecule has 0 aliphatic carbocycles. The molecule has 2 aromatic rings. The summed E-state index contributed by atoms with van der Waals surface area (Å²) in [5.74, 6) is 0.581. The molecule has 0 spiro atoms. The summed E-state index contributed by atoms with van der Waals surface area (Å²) in [6.45, 7) is 5.18. The van der Waals surface area contributed by atoms with Crippen LogP contribution in [-0.4, -0.2) is 51.2 Å². The van der Waals surface area contributed by atoms with Gasteiger partial charge in [0.15, 0.2) is 12.4 Å². The molecule has 0 atom stereocenters. The van der Waals surface area contributed by atoms with Crippen molar-refractivity contribution < 1.29 is 14.3 Å². The molecule has 0 radical (unpaired) electrons. The van der Waals surface area contributed by atoms with E-state index in [4.69, 9.17) is 4.74 Å². The number of rotatable bonds is 4. The van der Waals surface area contributed by atoms with Crippen molar-refractivity contribution in [2.45, 2.75) is 26.7 Å². The highest BCUT2D eigenvalue weighted by molar-refractivity contribution is 5.92. The average Bonchev–Trinajstić information content (AvgIpc) is 3.02. The molecular formula is C18H22N4O3. The molecule has 1 saturated heterocycles. The largest absolute Gasteiger partial charge is 0.452 e. The van der Waals surface area contributed by atoms with Gasteiger partial charge in [-0.3, -0.25) is 4.79 Å². The fourth-order valence-electron chi connectivity index (χ4n) is 2.87. The van der Waals surface area contributed by atoms with Gasteiger partial charge in [-0.1, -0.05) is 13.0 Å². The minimum Gasteiger partial charge on any atom is -0.452 e. The van der Waals surface area contributed by atoms with E-state index in [9.17, 15) is 9.59 Å². The van der Waals surface area contributed by atoms with Gasteiger partial charge in [-0.2, -0.15) is 5.10 Å². The van der Waals surface area contributed by atoms with Gasteiger partial charge in [0.2, 0.25) is 0 Å². The number of aromatic nitrogens is 3. The number of piperidine rings is 1. The molecule has 7 nitrogen and oxygen atoms in total. The lowest BCUT2D eigenvalue weighted by Crippen LogP contribution is -2.40. The molecule has 2 aromatic heterocycles. The van der Waals surface area contributed by atoms with Crippen molar-refractivity contribution in [3.8, 4) is 5.82 Å². The zero-order valence-electron chi connectivity index (χ0n) is 14.5. The Balaban J connectivity index is 1.60. The number of nitrogens with zero attached hydrogens (tertiary/aromatic N) is 4. The van der Waals surface area contributed by atoms with Gasteiger partial charge in [0.05, 0.1) is 11.9 Å². The van der Waals surface area contributed by atoms with Crippen molar-refractivity contribution in [3.63, 3.8) is 0 Å². The number of hydrogen-bond donors (Lipinski definition) is 0. The van der Waals surface area contributed by atoms with Gasteiger partial charge in [-0.25, -0.2) is 14.5 Å². The molecule has 1 aliphatic heterocycles. The van der Waals surface area contributed by atoms with E-state index in [1.54, 1.807) is 28.8 Å². The molecule has 0 aromatic carbocycles. The molecule has 0 unspecified atom stereocenters. The Hall–Kier alpha value is -2.70. The van der Waals surface area contributed by atoms with Crippen LogP contribution in [0.25, 0.3) is 5.82 Å². The van der Waals surface area contributed by atoms with Crippen LogP contribution in [0, 0.1) is 12.8 Å². The molecule has 1 amide bonds. The molecule has 0 N–H and O–H groups in total. The van der Waals surface area contributed by atoms with Gasteiger partial charge in [-0.05, 0) is 37.8 Å². The molecule has 1 aliphatic rings. The maximum atomic E-state index is 12.3. The third-order valence-corrected chi connectivity index (χ3v) is 4.56. The van der Waals surface area contributed by atoms with Crippen molar-refractivity contribution in [2.75, 3.05) is 19.7 Å². The predicted molar refractivity (Wildman–Crippen MR) is 91.4 cm³/mol. The highest BCUT2D eigenvalue weighted by Crippen LogP contribution is 2.17. The lowest BCUT2D eigenvalue weighted by atomic mass is 9.99. The summed E-state index contributed by atoms with van der Waals surface area (Å²) in [5, 5.41) is 4.19. The number of esters is 1. The van der Waals surface area contributed by atoms with Crippen molar-refractivity contribution in [1.82, 2.24) is 19.7 Å². The summed E-state index contributed by atoms with van der Waals surface area (Å²) in [5.41, 5.74) is 0.966. The van der Waals surface area contributed by atoms with E-state index in [1.807, 2.05) is 12.1 Å². The van der Waals surface area contributed by atoms with Crippen molar-refractivity contribution in [2.24, 2.45) is 5.92 Å². The van der Waals surface area contributed by atoms with Crippen LogP contribution in [-0.2, 0) is 9.53 Å². The first-order valence-electron chi connectivity index (χ1n) is 8.47. The van der Waals surface area contributed by atoms with Gasteiger partial charge in [-0.15, -0.1) is 0 Å². The lowest BCUT2D eigenvalue weighted by molar-refractivity contribution is -0.135. The van der Waals surface area contributed by atoms with E-state index < -0.39 is 5.97 Å². The topological polar surface area (TPSA) is 77.3 Å². The maximum Gasteiger partial charge on any atom is 0.342 e. The fraction of sp³-hybridized carbons (Fsp3) is 0.444. The molecule has 7 heteroatoms. The van der Waals surface area contributed by atoms with Crippen LogP contribution >= 0.6 is 0 Å². The molecule has 3 rings (SSSR count). The molecule has 25 heavy (non-hydrogen) atoms. The van der Waals surface area contributed by atoms with Crippen molar-refractivity contribution in [3.05, 3.63) is 41.9 Å². The molecular weight excluding hydrogens is 320 g/mol. The van der Waals surface area contributed by atoms with Crippen molar-refractivity contribution >= 4 is 11.9 Å². The van der Waals surface area contributed by atoms with Gasteiger partial charge in [0.1, 0.15) is 5.56 Å². The second kappa shape index (κ2) is 7.46. The van der Waals surface area contributed by atoms with Crippen LogP contribution in [0.5, 0.6) is 0 Å². The normalized spacial score (nSPS) is 15.2. The van der Waals surface area contributed by atoms with Gasteiger partial charge in [0, 0.05) is 19.3 Å². The third kappa shape index (κ3) is 3.87. The standard InChI is InChI=1S/C18H22N4O3/c1-13-6-9-21(10-7-13)17(23)12-25-18(24)15-11-20-22(14(15)2)16-5-3-4-8-19-16/h3-5,8,11,13H,6-7,9-10,12H2,1-2H3. The number of carbonyl (C=O) groups is 2. The summed E-state index contributed by atoms with van der Waals surface area (Å²) >= 11 is 0. The number of hydrogen-bond acceptors (Lipinski definition) is 5. The van der Waals surface area contributed by atoms with Crippen LogP contribution in [0.1, 0.15) is 35.8 Å². The Kier molecular flexibility index (Phi) is 5.11. The highest BCUT2D eigenvalue weighted by Gasteiger charge is 2.23. The molecule has 0 bridgehead atoms. The number of pyridine rings is 1. The zero-order valence-corrected chi connectivity index (χ0v) is 14.5. The molecule has 0 saturated carbocycles. The van der Waals surface area contributed by atoms with E-state index in [0.717, 1.165) is 25.9 Å². The summed E-state index contributed by atoms with van der Waals surface area (Å²) in [6.07, 6.45) is 5.09. The van der Waals surface area contributed by atoms with Crippen LogP contribution in [0.3, 0.4) is 0 Å². The van der Waals surface area contributed by atoms with E-state index in [2.05, 4.69) is 17.0 Å². The minimum absolute atomic E-state index is 0.143. The number of amides is 1. The summed E-state index contributed by atoms with van der Waals surface area (Å²) < 4.78 is 6.77. The Morgan fingerprint density at radius 2 is 2.04 bits per heavy atom. The Morgan fingerprint density at radius 1 is 1.28 bits per heavy atom. The third-order valence-electron chi connectivity index (χ3n) is 4.56. The van der Waals surface area contributed by atoms with Gasteiger partial charge >= 0.3 is 5.97 Å². The molecule has 1 fully saturated rings. The lowest BCUT2D eigenvalue weighted by Gasteiger charge is -2.30.